The highest BCUT2D eigenvalue weighted by Gasteiger charge is 2.19. The van der Waals surface area contributed by atoms with Crippen LogP contribution >= 0.6 is 11.3 Å². The molecule has 0 spiro atoms. The van der Waals surface area contributed by atoms with Crippen molar-refractivity contribution in [2.45, 2.75) is 0 Å². The van der Waals surface area contributed by atoms with Gasteiger partial charge in [-0.15, -0.1) is 11.3 Å². The monoisotopic (exact) mass is 835 g/mol. The van der Waals surface area contributed by atoms with E-state index >= 15 is 0 Å². The lowest BCUT2D eigenvalue weighted by molar-refractivity contribution is 1.18. The van der Waals surface area contributed by atoms with Crippen molar-refractivity contribution in [3.05, 3.63) is 249 Å². The lowest BCUT2D eigenvalue weighted by atomic mass is 10.0. The zero-order valence-electron chi connectivity index (χ0n) is 34.9. The smallest absolute Gasteiger partial charge is 0.0547 e. The van der Waals surface area contributed by atoms with Crippen LogP contribution in [0, 0.1) is 0 Å². The number of rotatable bonds is 9. The molecule has 0 unspecified atom stereocenters. The first-order chi connectivity index (χ1) is 31.7. The fourth-order valence-corrected chi connectivity index (χ4v) is 10.4. The Morgan fingerprint density at radius 1 is 0.266 bits per heavy atom. The maximum Gasteiger partial charge on any atom is 0.0547 e. The summed E-state index contributed by atoms with van der Waals surface area (Å²) in [4.78, 5) is 4.73. The van der Waals surface area contributed by atoms with E-state index in [4.69, 9.17) is 0 Å². The van der Waals surface area contributed by atoms with Gasteiger partial charge >= 0.3 is 0 Å². The van der Waals surface area contributed by atoms with E-state index in [-0.39, 0.29) is 0 Å². The lowest BCUT2D eigenvalue weighted by Gasteiger charge is -2.29. The molecule has 4 heteroatoms. The molecular formula is C60H41N3S. The average molecular weight is 836 g/mol. The average Bonchev–Trinajstić information content (AvgIpc) is 3.90. The lowest BCUT2D eigenvalue weighted by Crippen LogP contribution is -2.13. The third-order valence-electron chi connectivity index (χ3n) is 12.3. The number of benzene rings is 10. The van der Waals surface area contributed by atoms with Crippen molar-refractivity contribution in [2.75, 3.05) is 9.80 Å². The van der Waals surface area contributed by atoms with E-state index in [0.29, 0.717) is 0 Å². The van der Waals surface area contributed by atoms with Gasteiger partial charge in [0.2, 0.25) is 0 Å². The van der Waals surface area contributed by atoms with E-state index < -0.39 is 0 Å². The molecule has 0 amide bonds. The molecule has 0 radical (unpaired) electrons. The third-order valence-corrected chi connectivity index (χ3v) is 13.5. The van der Waals surface area contributed by atoms with Gasteiger partial charge in [-0.25, -0.2) is 0 Å². The van der Waals surface area contributed by atoms with E-state index in [1.165, 1.54) is 64.2 Å². The molecular weight excluding hydrogens is 795 g/mol. The van der Waals surface area contributed by atoms with Gasteiger partial charge in [0.05, 0.1) is 11.0 Å². The molecule has 10 aromatic carbocycles. The van der Waals surface area contributed by atoms with E-state index in [2.05, 4.69) is 263 Å². The third kappa shape index (κ3) is 6.69. The molecule has 0 aliphatic carbocycles. The van der Waals surface area contributed by atoms with Gasteiger partial charge in [-0.2, -0.15) is 0 Å². The molecule has 2 aromatic heterocycles. The summed E-state index contributed by atoms with van der Waals surface area (Å²) < 4.78 is 4.94. The summed E-state index contributed by atoms with van der Waals surface area (Å²) in [5.74, 6) is 0. The Bertz CT molecular complexity index is 3600. The number of aromatic nitrogens is 1. The van der Waals surface area contributed by atoms with E-state index in [9.17, 15) is 0 Å². The van der Waals surface area contributed by atoms with E-state index in [1.807, 2.05) is 11.3 Å². The molecule has 2 heterocycles. The maximum atomic E-state index is 2.40. The molecule has 12 rings (SSSR count). The topological polar surface area (TPSA) is 11.4 Å². The second kappa shape index (κ2) is 15.9. The summed E-state index contributed by atoms with van der Waals surface area (Å²) >= 11 is 1.85. The van der Waals surface area contributed by atoms with Gasteiger partial charge < -0.3 is 14.4 Å². The van der Waals surface area contributed by atoms with Gasteiger partial charge in [-0.3, -0.25) is 0 Å². The first kappa shape index (κ1) is 37.6. The molecule has 0 saturated carbocycles. The summed E-state index contributed by atoms with van der Waals surface area (Å²) in [5, 5.41) is 5.03. The Morgan fingerprint density at radius 3 is 1.42 bits per heavy atom. The van der Waals surface area contributed by atoms with Gasteiger partial charge in [0.25, 0.3) is 0 Å². The molecule has 12 aromatic rings. The van der Waals surface area contributed by atoms with Crippen molar-refractivity contribution < 1.29 is 0 Å². The van der Waals surface area contributed by atoms with Crippen molar-refractivity contribution >= 4 is 87.4 Å². The molecule has 0 bridgehead atoms. The van der Waals surface area contributed by atoms with E-state index in [0.717, 1.165) is 39.8 Å². The Hall–Kier alpha value is -8.18. The number of fused-ring (bicyclic) bond motifs is 6. The molecule has 0 atom stereocenters. The van der Waals surface area contributed by atoms with Gasteiger partial charge in [0.15, 0.2) is 0 Å². The highest BCUT2D eigenvalue weighted by molar-refractivity contribution is 7.25. The van der Waals surface area contributed by atoms with Gasteiger partial charge in [0.1, 0.15) is 0 Å². The van der Waals surface area contributed by atoms with Crippen LogP contribution in [-0.2, 0) is 0 Å². The molecule has 0 aliphatic rings. The molecule has 302 valence electrons. The zero-order valence-corrected chi connectivity index (χ0v) is 35.7. The van der Waals surface area contributed by atoms with Gasteiger partial charge in [0, 0.05) is 70.8 Å². The van der Waals surface area contributed by atoms with Crippen LogP contribution in [0.1, 0.15) is 0 Å². The van der Waals surface area contributed by atoms with Crippen LogP contribution in [0.4, 0.5) is 34.1 Å². The van der Waals surface area contributed by atoms with Crippen LogP contribution in [0.3, 0.4) is 0 Å². The number of thiophene rings is 1. The number of hydrogen-bond donors (Lipinski definition) is 0. The first-order valence-electron chi connectivity index (χ1n) is 21.7. The van der Waals surface area contributed by atoms with Crippen LogP contribution in [-0.4, -0.2) is 4.57 Å². The largest absolute Gasteiger partial charge is 0.310 e. The second-order valence-electron chi connectivity index (χ2n) is 16.2. The van der Waals surface area contributed by atoms with Crippen LogP contribution in [0.25, 0.3) is 69.9 Å². The Morgan fingerprint density at radius 2 is 0.719 bits per heavy atom. The highest BCUT2D eigenvalue weighted by Crippen LogP contribution is 2.44. The summed E-state index contributed by atoms with van der Waals surface area (Å²) in [5.41, 5.74) is 14.9. The summed E-state index contributed by atoms with van der Waals surface area (Å²) in [6.07, 6.45) is 0. The minimum atomic E-state index is 1.08. The second-order valence-corrected chi connectivity index (χ2v) is 17.3. The Balaban J connectivity index is 0.964. The van der Waals surface area contributed by atoms with Crippen molar-refractivity contribution in [1.82, 2.24) is 4.57 Å². The number of nitrogens with zero attached hydrogens (tertiary/aromatic N) is 3. The fraction of sp³-hybridized carbons (Fsp3) is 0. The van der Waals surface area contributed by atoms with Crippen LogP contribution < -0.4 is 9.80 Å². The van der Waals surface area contributed by atoms with Gasteiger partial charge in [-0.1, -0.05) is 140 Å². The van der Waals surface area contributed by atoms with Gasteiger partial charge in [-0.05, 0) is 131 Å². The predicted molar refractivity (Wildman–Crippen MR) is 274 cm³/mol. The molecule has 3 nitrogen and oxygen atoms in total. The van der Waals surface area contributed by atoms with Crippen molar-refractivity contribution in [3.63, 3.8) is 0 Å². The van der Waals surface area contributed by atoms with Crippen LogP contribution in [0.5, 0.6) is 0 Å². The van der Waals surface area contributed by atoms with E-state index in [1.54, 1.807) is 0 Å². The molecule has 0 N–H and O–H groups in total. The van der Waals surface area contributed by atoms with Crippen LogP contribution in [0.15, 0.2) is 249 Å². The minimum absolute atomic E-state index is 1.08. The van der Waals surface area contributed by atoms with Crippen molar-refractivity contribution in [3.8, 4) is 27.9 Å². The molecule has 0 fully saturated rings. The minimum Gasteiger partial charge on any atom is -0.310 e. The molecule has 64 heavy (non-hydrogen) atoms. The van der Waals surface area contributed by atoms with Crippen molar-refractivity contribution in [2.24, 2.45) is 0 Å². The normalized spacial score (nSPS) is 11.4. The highest BCUT2D eigenvalue weighted by atomic mass is 32.1. The molecule has 0 aliphatic heterocycles. The maximum absolute atomic E-state index is 2.40. The number of hydrogen-bond acceptors (Lipinski definition) is 3. The first-order valence-corrected chi connectivity index (χ1v) is 22.6. The SMILES string of the molecule is c1ccc(-c2ccc(N(c3ccccc3)c3cccc(N(c4ccccc4)c4ccc5sc6ccc(-c7ccc8c9ccccc9n(-c9ccccc9)c8c7)cc6c5c4)c3)cc2)cc1. The summed E-state index contributed by atoms with van der Waals surface area (Å²) in [7, 11) is 0. The standard InChI is InChI=1S/C60H41N3S/c1-5-16-42(17-6-1)43-28-32-49(33-29-43)61(46-18-7-2-8-19-46)50-24-15-25-51(40-50)62(47-20-9-3-10-21-47)52-34-37-60-56(41-52)55-38-44(31-36-59(55)64-60)45-30-35-54-53-26-13-14-27-57(53)63(58(54)39-45)48-22-11-4-12-23-48/h1-41H. The van der Waals surface area contributed by atoms with Crippen LogP contribution in [0.2, 0.25) is 0 Å². The predicted octanol–water partition coefficient (Wildman–Crippen LogP) is 17.4. The summed E-state index contributed by atoms with van der Waals surface area (Å²) in [6, 6.07) is 90.0. The number of anilines is 6. The Kier molecular flexibility index (Phi) is 9.36. The zero-order chi connectivity index (χ0) is 42.4. The molecule has 0 saturated heterocycles. The Labute approximate surface area is 376 Å². The summed E-state index contributed by atoms with van der Waals surface area (Å²) in [6.45, 7) is 0. The fourth-order valence-electron chi connectivity index (χ4n) is 9.34. The van der Waals surface area contributed by atoms with Crippen molar-refractivity contribution in [1.29, 1.82) is 0 Å². The number of para-hydroxylation sites is 4. The quantitative estimate of drug-likeness (QED) is 0.143.